The molecule has 1 aromatic carbocycles. The standard InChI is InChI=1S/C16H20ClN3/c17-15-5-4-6-16(14(15)11-18)20-10-7-13(12-20)19-8-2-1-3-9-19/h4-6,13H,1-3,7-10,12H2. The minimum Gasteiger partial charge on any atom is -0.369 e. The molecule has 2 fully saturated rings. The first kappa shape index (κ1) is 13.7. The van der Waals surface area contributed by atoms with E-state index in [0.717, 1.165) is 18.8 Å². The lowest BCUT2D eigenvalue weighted by Gasteiger charge is -2.32. The summed E-state index contributed by atoms with van der Waals surface area (Å²) in [4.78, 5) is 4.95. The first-order valence-electron chi connectivity index (χ1n) is 7.47. The highest BCUT2D eigenvalue weighted by Crippen LogP contribution is 2.30. The van der Waals surface area contributed by atoms with E-state index < -0.39 is 0 Å². The molecule has 1 atom stereocenters. The zero-order valence-corrected chi connectivity index (χ0v) is 12.4. The third-order valence-corrected chi connectivity index (χ3v) is 4.83. The predicted molar refractivity (Wildman–Crippen MR) is 82.2 cm³/mol. The fourth-order valence-corrected chi connectivity index (χ4v) is 3.64. The molecule has 3 rings (SSSR count). The Kier molecular flexibility index (Phi) is 4.14. The molecule has 0 bridgehead atoms. The van der Waals surface area contributed by atoms with Gasteiger partial charge in [0, 0.05) is 19.1 Å². The molecule has 0 aromatic heterocycles. The normalized spacial score (nSPS) is 23.8. The van der Waals surface area contributed by atoms with Crippen molar-refractivity contribution in [2.75, 3.05) is 31.1 Å². The largest absolute Gasteiger partial charge is 0.369 e. The van der Waals surface area contributed by atoms with Crippen molar-refractivity contribution in [2.45, 2.75) is 31.7 Å². The van der Waals surface area contributed by atoms with Gasteiger partial charge in [-0.15, -0.1) is 0 Å². The monoisotopic (exact) mass is 289 g/mol. The molecule has 0 saturated carbocycles. The van der Waals surface area contributed by atoms with Crippen LogP contribution in [0.1, 0.15) is 31.2 Å². The van der Waals surface area contributed by atoms with Gasteiger partial charge in [-0.1, -0.05) is 24.1 Å². The number of hydrogen-bond donors (Lipinski definition) is 0. The van der Waals surface area contributed by atoms with Crippen LogP contribution in [0.4, 0.5) is 5.69 Å². The molecule has 0 N–H and O–H groups in total. The van der Waals surface area contributed by atoms with Crippen LogP contribution in [-0.2, 0) is 0 Å². The maximum atomic E-state index is 9.30. The second-order valence-corrected chi connectivity index (χ2v) is 6.14. The molecule has 2 heterocycles. The van der Waals surface area contributed by atoms with Gasteiger partial charge >= 0.3 is 0 Å². The zero-order chi connectivity index (χ0) is 13.9. The highest BCUT2D eigenvalue weighted by Gasteiger charge is 2.29. The Labute approximate surface area is 125 Å². The molecule has 0 radical (unpaired) electrons. The molecule has 0 amide bonds. The van der Waals surface area contributed by atoms with Gasteiger partial charge in [-0.2, -0.15) is 5.26 Å². The Morgan fingerprint density at radius 2 is 1.95 bits per heavy atom. The number of piperidine rings is 1. The number of nitrogens with zero attached hydrogens (tertiary/aromatic N) is 3. The topological polar surface area (TPSA) is 30.3 Å². The minimum absolute atomic E-state index is 0.562. The van der Waals surface area contributed by atoms with Gasteiger partial charge in [-0.05, 0) is 44.5 Å². The molecular weight excluding hydrogens is 270 g/mol. The Morgan fingerprint density at radius 1 is 1.15 bits per heavy atom. The van der Waals surface area contributed by atoms with E-state index in [2.05, 4.69) is 15.9 Å². The fourth-order valence-electron chi connectivity index (χ4n) is 3.43. The molecule has 3 nitrogen and oxygen atoms in total. The zero-order valence-electron chi connectivity index (χ0n) is 11.7. The molecule has 2 aliphatic rings. The van der Waals surface area contributed by atoms with Crippen LogP contribution in [0, 0.1) is 11.3 Å². The van der Waals surface area contributed by atoms with Crippen molar-refractivity contribution >= 4 is 17.3 Å². The van der Waals surface area contributed by atoms with Gasteiger partial charge < -0.3 is 4.90 Å². The first-order valence-corrected chi connectivity index (χ1v) is 7.85. The summed E-state index contributed by atoms with van der Waals surface area (Å²) in [5, 5.41) is 9.86. The SMILES string of the molecule is N#Cc1c(Cl)cccc1N1CCC(N2CCCCC2)C1. The van der Waals surface area contributed by atoms with E-state index in [9.17, 15) is 5.26 Å². The van der Waals surface area contributed by atoms with Crippen molar-refractivity contribution in [2.24, 2.45) is 0 Å². The second-order valence-electron chi connectivity index (χ2n) is 5.73. The third kappa shape index (κ3) is 2.63. The molecule has 2 aliphatic heterocycles. The van der Waals surface area contributed by atoms with Gasteiger partial charge in [0.1, 0.15) is 6.07 Å². The number of likely N-dealkylation sites (tertiary alicyclic amines) is 1. The smallest absolute Gasteiger partial charge is 0.103 e. The molecule has 1 unspecified atom stereocenters. The quantitative estimate of drug-likeness (QED) is 0.837. The number of nitriles is 1. The Bertz CT molecular complexity index is 517. The third-order valence-electron chi connectivity index (χ3n) is 4.51. The van der Waals surface area contributed by atoms with Crippen LogP contribution in [-0.4, -0.2) is 37.1 Å². The van der Waals surface area contributed by atoms with Crippen molar-refractivity contribution in [1.82, 2.24) is 4.90 Å². The Hall–Kier alpha value is -1.24. The summed E-state index contributed by atoms with van der Waals surface area (Å²) in [6, 6.07) is 8.64. The van der Waals surface area contributed by atoms with E-state index in [1.807, 2.05) is 12.1 Å². The average molecular weight is 290 g/mol. The summed E-state index contributed by atoms with van der Waals surface area (Å²) >= 11 is 6.13. The van der Waals surface area contributed by atoms with E-state index in [0.29, 0.717) is 16.6 Å². The van der Waals surface area contributed by atoms with E-state index in [4.69, 9.17) is 11.6 Å². The van der Waals surface area contributed by atoms with Crippen LogP contribution in [0.15, 0.2) is 18.2 Å². The van der Waals surface area contributed by atoms with Gasteiger partial charge in [-0.25, -0.2) is 0 Å². The summed E-state index contributed by atoms with van der Waals surface area (Å²) < 4.78 is 0. The molecule has 20 heavy (non-hydrogen) atoms. The van der Waals surface area contributed by atoms with Gasteiger partial charge in [0.15, 0.2) is 0 Å². The molecular formula is C16H20ClN3. The van der Waals surface area contributed by atoms with Crippen LogP contribution in [0.3, 0.4) is 0 Å². The summed E-state index contributed by atoms with van der Waals surface area (Å²) in [7, 11) is 0. The number of benzene rings is 1. The van der Waals surface area contributed by atoms with Crippen molar-refractivity contribution < 1.29 is 0 Å². The predicted octanol–water partition coefficient (Wildman–Crippen LogP) is 3.28. The van der Waals surface area contributed by atoms with Crippen LogP contribution < -0.4 is 4.90 Å². The number of rotatable bonds is 2. The molecule has 2 saturated heterocycles. The van der Waals surface area contributed by atoms with Crippen LogP contribution >= 0.6 is 11.6 Å². The fraction of sp³-hybridized carbons (Fsp3) is 0.562. The lowest BCUT2D eigenvalue weighted by Crippen LogP contribution is -2.40. The highest BCUT2D eigenvalue weighted by atomic mass is 35.5. The Balaban J connectivity index is 1.74. The lowest BCUT2D eigenvalue weighted by atomic mass is 10.1. The second kappa shape index (κ2) is 6.03. The molecule has 4 heteroatoms. The lowest BCUT2D eigenvalue weighted by molar-refractivity contribution is 0.175. The van der Waals surface area contributed by atoms with Gasteiger partial charge in [0.2, 0.25) is 0 Å². The van der Waals surface area contributed by atoms with Crippen molar-refractivity contribution in [3.8, 4) is 6.07 Å². The summed E-state index contributed by atoms with van der Waals surface area (Å²) in [6.45, 7) is 4.52. The molecule has 0 aliphatic carbocycles. The van der Waals surface area contributed by atoms with E-state index >= 15 is 0 Å². The molecule has 1 aromatic rings. The maximum absolute atomic E-state index is 9.30. The maximum Gasteiger partial charge on any atom is 0.103 e. The van der Waals surface area contributed by atoms with Crippen LogP contribution in [0.5, 0.6) is 0 Å². The van der Waals surface area contributed by atoms with Gasteiger partial charge in [0.25, 0.3) is 0 Å². The minimum atomic E-state index is 0.562. The van der Waals surface area contributed by atoms with E-state index in [1.54, 1.807) is 6.07 Å². The molecule has 0 spiro atoms. The highest BCUT2D eigenvalue weighted by molar-refractivity contribution is 6.32. The van der Waals surface area contributed by atoms with Crippen LogP contribution in [0.25, 0.3) is 0 Å². The van der Waals surface area contributed by atoms with Crippen molar-refractivity contribution in [1.29, 1.82) is 5.26 Å². The van der Waals surface area contributed by atoms with E-state index in [1.165, 1.54) is 38.8 Å². The number of anilines is 1. The molecule has 106 valence electrons. The van der Waals surface area contributed by atoms with Gasteiger partial charge in [-0.3, -0.25) is 4.90 Å². The summed E-state index contributed by atoms with van der Waals surface area (Å²) in [6.07, 6.45) is 5.23. The van der Waals surface area contributed by atoms with E-state index in [-0.39, 0.29) is 0 Å². The van der Waals surface area contributed by atoms with Crippen molar-refractivity contribution in [3.05, 3.63) is 28.8 Å². The van der Waals surface area contributed by atoms with Crippen molar-refractivity contribution in [3.63, 3.8) is 0 Å². The van der Waals surface area contributed by atoms with Gasteiger partial charge in [0.05, 0.1) is 16.3 Å². The summed E-state index contributed by atoms with van der Waals surface area (Å²) in [5.74, 6) is 0. The van der Waals surface area contributed by atoms with Crippen LogP contribution in [0.2, 0.25) is 5.02 Å². The number of hydrogen-bond acceptors (Lipinski definition) is 3. The Morgan fingerprint density at radius 3 is 2.70 bits per heavy atom. The summed E-state index contributed by atoms with van der Waals surface area (Å²) in [5.41, 5.74) is 1.62. The number of halogens is 1. The average Bonchev–Trinajstić information content (AvgIpc) is 2.97. The first-order chi connectivity index (χ1) is 9.79.